The van der Waals surface area contributed by atoms with E-state index in [-0.39, 0.29) is 16.8 Å². The summed E-state index contributed by atoms with van der Waals surface area (Å²) < 4.78 is 34.3. The van der Waals surface area contributed by atoms with Crippen LogP contribution >= 0.6 is 0 Å². The highest BCUT2D eigenvalue weighted by Crippen LogP contribution is 2.35. The number of carbonyl (C=O) groups is 1. The van der Waals surface area contributed by atoms with Crippen LogP contribution < -0.4 is 9.62 Å². The molecule has 3 aromatic heterocycles. The molecule has 0 saturated carbocycles. The van der Waals surface area contributed by atoms with Gasteiger partial charge in [-0.25, -0.2) is 22.8 Å². The van der Waals surface area contributed by atoms with Crippen molar-refractivity contribution >= 4 is 32.7 Å². The van der Waals surface area contributed by atoms with Crippen molar-refractivity contribution in [2.75, 3.05) is 18.5 Å². The lowest BCUT2D eigenvalue weighted by Crippen LogP contribution is -2.29. The zero-order chi connectivity index (χ0) is 25.1. The van der Waals surface area contributed by atoms with Gasteiger partial charge in [-0.1, -0.05) is 0 Å². The van der Waals surface area contributed by atoms with Crippen LogP contribution in [0, 0.1) is 13.8 Å². The monoisotopic (exact) mass is 493 g/mol. The van der Waals surface area contributed by atoms with Gasteiger partial charge in [0.15, 0.2) is 5.65 Å². The van der Waals surface area contributed by atoms with Gasteiger partial charge in [-0.05, 0) is 77.1 Å². The van der Waals surface area contributed by atoms with Crippen molar-refractivity contribution in [3.8, 4) is 11.3 Å². The van der Waals surface area contributed by atoms with Gasteiger partial charge < -0.3 is 9.32 Å². The number of furan rings is 1. The second kappa shape index (κ2) is 8.31. The van der Waals surface area contributed by atoms with E-state index in [0.29, 0.717) is 40.9 Å². The first kappa shape index (κ1) is 23.3. The molecule has 0 saturated heterocycles. The Labute approximate surface area is 203 Å². The number of aryl methyl sites for hydroxylation is 2. The molecule has 0 spiro atoms. The third kappa shape index (κ3) is 3.82. The molecule has 0 bridgehead atoms. The number of nitrogens with zero attached hydrogens (tertiary/aromatic N) is 4. The van der Waals surface area contributed by atoms with Crippen LogP contribution in [0.5, 0.6) is 0 Å². The molecule has 1 aromatic carbocycles. The first-order valence-corrected chi connectivity index (χ1v) is 12.9. The molecular weight excluding hydrogens is 466 g/mol. The van der Waals surface area contributed by atoms with Crippen LogP contribution in [0.15, 0.2) is 45.8 Å². The SMILES string of the molecule is CNS(=O)(=O)c1ccc2c(c1)CCN2C(=O)c1cc(-c2cc(C)oc2C)nc2c1cnn2C(C)C. The molecule has 9 nitrogen and oxygen atoms in total. The van der Waals surface area contributed by atoms with Gasteiger partial charge in [0.1, 0.15) is 11.5 Å². The second-order valence-electron chi connectivity index (χ2n) is 9.01. The highest BCUT2D eigenvalue weighted by atomic mass is 32.2. The van der Waals surface area contributed by atoms with Gasteiger partial charge in [-0.15, -0.1) is 0 Å². The summed E-state index contributed by atoms with van der Waals surface area (Å²) in [6, 6.07) is 8.64. The summed E-state index contributed by atoms with van der Waals surface area (Å²) in [7, 11) is -2.18. The average Bonchev–Trinajstić information content (AvgIpc) is 3.53. The quantitative estimate of drug-likeness (QED) is 0.450. The molecule has 182 valence electrons. The molecule has 0 radical (unpaired) electrons. The minimum atomic E-state index is -3.56. The van der Waals surface area contributed by atoms with Gasteiger partial charge in [0.2, 0.25) is 10.0 Å². The Morgan fingerprint density at radius 2 is 1.94 bits per heavy atom. The van der Waals surface area contributed by atoms with Crippen LogP contribution in [0.4, 0.5) is 5.69 Å². The fourth-order valence-electron chi connectivity index (χ4n) is 4.62. The lowest BCUT2D eigenvalue weighted by Gasteiger charge is -2.19. The van der Waals surface area contributed by atoms with E-state index in [4.69, 9.17) is 9.40 Å². The van der Waals surface area contributed by atoms with Crippen LogP contribution in [0.3, 0.4) is 0 Å². The molecule has 4 aromatic rings. The van der Waals surface area contributed by atoms with Crippen molar-refractivity contribution in [1.29, 1.82) is 0 Å². The molecule has 0 unspecified atom stereocenters. The van der Waals surface area contributed by atoms with Crippen molar-refractivity contribution in [2.24, 2.45) is 0 Å². The Kier molecular flexibility index (Phi) is 5.52. The molecular formula is C25H27N5O4S. The standard InChI is InChI=1S/C25H27N5O4S/c1-14(2)30-24-21(13-27-30)20(12-22(28-24)19-10-15(3)34-16(19)4)25(31)29-9-8-17-11-18(6-7-23(17)29)35(32,33)26-5/h6-7,10-14,26H,8-9H2,1-5H3. The van der Waals surface area contributed by atoms with Crippen molar-refractivity contribution in [2.45, 2.75) is 45.1 Å². The largest absolute Gasteiger partial charge is 0.466 e. The number of hydrogen-bond donors (Lipinski definition) is 1. The Bertz CT molecular complexity index is 1580. The Hall–Kier alpha value is -3.50. The van der Waals surface area contributed by atoms with E-state index in [9.17, 15) is 13.2 Å². The summed E-state index contributed by atoms with van der Waals surface area (Å²) in [4.78, 5) is 20.7. The fourth-order valence-corrected chi connectivity index (χ4v) is 5.40. The number of nitrogens with one attached hydrogen (secondary N) is 1. The molecule has 1 N–H and O–H groups in total. The molecule has 4 heterocycles. The topological polar surface area (TPSA) is 110 Å². The van der Waals surface area contributed by atoms with Gasteiger partial charge in [0.05, 0.1) is 27.7 Å². The minimum Gasteiger partial charge on any atom is -0.466 e. The molecule has 1 aliphatic rings. The zero-order valence-electron chi connectivity index (χ0n) is 20.3. The maximum atomic E-state index is 13.9. The predicted molar refractivity (Wildman–Crippen MR) is 133 cm³/mol. The summed E-state index contributed by atoms with van der Waals surface area (Å²) >= 11 is 0. The van der Waals surface area contributed by atoms with E-state index in [0.717, 1.165) is 22.6 Å². The number of sulfonamides is 1. The third-order valence-electron chi connectivity index (χ3n) is 6.37. The third-order valence-corrected chi connectivity index (χ3v) is 7.79. The van der Waals surface area contributed by atoms with Crippen molar-refractivity contribution < 1.29 is 17.6 Å². The number of fused-ring (bicyclic) bond motifs is 2. The Morgan fingerprint density at radius 1 is 1.17 bits per heavy atom. The van der Waals surface area contributed by atoms with E-state index in [1.807, 2.05) is 38.4 Å². The number of carbonyl (C=O) groups excluding carboxylic acids is 1. The highest BCUT2D eigenvalue weighted by Gasteiger charge is 2.30. The lowest BCUT2D eigenvalue weighted by atomic mass is 10.1. The Balaban J connectivity index is 1.64. The summed E-state index contributed by atoms with van der Waals surface area (Å²) in [6.07, 6.45) is 2.26. The second-order valence-corrected chi connectivity index (χ2v) is 10.9. The number of benzene rings is 1. The van der Waals surface area contributed by atoms with E-state index >= 15 is 0 Å². The smallest absolute Gasteiger partial charge is 0.259 e. The minimum absolute atomic E-state index is 0.0606. The van der Waals surface area contributed by atoms with Crippen LogP contribution in [-0.4, -0.2) is 42.7 Å². The van der Waals surface area contributed by atoms with Gasteiger partial charge in [-0.3, -0.25) is 4.79 Å². The average molecular weight is 494 g/mol. The molecule has 0 fully saturated rings. The van der Waals surface area contributed by atoms with Gasteiger partial charge in [0, 0.05) is 23.8 Å². The van der Waals surface area contributed by atoms with Crippen molar-refractivity contribution in [3.63, 3.8) is 0 Å². The first-order chi connectivity index (χ1) is 16.6. The van der Waals surface area contributed by atoms with Gasteiger partial charge in [0.25, 0.3) is 5.91 Å². The molecule has 35 heavy (non-hydrogen) atoms. The number of pyridine rings is 1. The van der Waals surface area contributed by atoms with Crippen molar-refractivity contribution in [3.05, 3.63) is 59.2 Å². The zero-order valence-corrected chi connectivity index (χ0v) is 21.1. The Morgan fingerprint density at radius 3 is 2.60 bits per heavy atom. The molecule has 1 amide bonds. The number of rotatable bonds is 5. The van der Waals surface area contributed by atoms with E-state index in [2.05, 4.69) is 9.82 Å². The first-order valence-electron chi connectivity index (χ1n) is 11.4. The molecule has 0 aliphatic carbocycles. The summed E-state index contributed by atoms with van der Waals surface area (Å²) in [5, 5.41) is 5.18. The van der Waals surface area contributed by atoms with Gasteiger partial charge >= 0.3 is 0 Å². The van der Waals surface area contributed by atoms with Crippen molar-refractivity contribution in [1.82, 2.24) is 19.5 Å². The molecule has 5 rings (SSSR count). The fraction of sp³-hybridized carbons (Fsp3) is 0.320. The van der Waals surface area contributed by atoms with Crippen LogP contribution in [-0.2, 0) is 16.4 Å². The molecule has 10 heteroatoms. The number of hydrogen-bond acceptors (Lipinski definition) is 6. The van der Waals surface area contributed by atoms with Crippen LogP contribution in [0.2, 0.25) is 0 Å². The molecule has 0 atom stereocenters. The summed E-state index contributed by atoms with van der Waals surface area (Å²) in [5.74, 6) is 1.32. The maximum absolute atomic E-state index is 13.9. The molecule has 1 aliphatic heterocycles. The van der Waals surface area contributed by atoms with E-state index in [1.165, 1.54) is 13.1 Å². The predicted octanol–water partition coefficient (Wildman–Crippen LogP) is 4.00. The van der Waals surface area contributed by atoms with Gasteiger partial charge in [-0.2, -0.15) is 5.10 Å². The number of anilines is 1. The normalized spacial score (nSPS) is 13.7. The van der Waals surface area contributed by atoms with E-state index < -0.39 is 10.0 Å². The number of amides is 1. The lowest BCUT2D eigenvalue weighted by molar-refractivity contribution is 0.0991. The number of aromatic nitrogens is 3. The van der Waals surface area contributed by atoms with Crippen LogP contribution in [0.25, 0.3) is 22.3 Å². The van der Waals surface area contributed by atoms with Crippen LogP contribution in [0.1, 0.15) is 47.3 Å². The maximum Gasteiger partial charge on any atom is 0.259 e. The highest BCUT2D eigenvalue weighted by molar-refractivity contribution is 7.89. The summed E-state index contributed by atoms with van der Waals surface area (Å²) in [5.41, 5.74) is 4.14. The summed E-state index contributed by atoms with van der Waals surface area (Å²) in [6.45, 7) is 8.25. The van der Waals surface area contributed by atoms with E-state index in [1.54, 1.807) is 29.3 Å².